The predicted octanol–water partition coefficient (Wildman–Crippen LogP) is 1.98. The van der Waals surface area contributed by atoms with Gasteiger partial charge < -0.3 is 20.1 Å². The summed E-state index contributed by atoms with van der Waals surface area (Å²) in [5.41, 5.74) is -0.634. The van der Waals surface area contributed by atoms with E-state index in [1.54, 1.807) is 18.0 Å². The molecule has 1 aliphatic heterocycles. The van der Waals surface area contributed by atoms with Gasteiger partial charge in [0.1, 0.15) is 23.1 Å². The maximum atomic E-state index is 13.0. The topological polar surface area (TPSA) is 77.4 Å². The van der Waals surface area contributed by atoms with Crippen molar-refractivity contribution < 1.29 is 14.3 Å². The van der Waals surface area contributed by atoms with Gasteiger partial charge in [-0.15, -0.1) is 12.4 Å². The second kappa shape index (κ2) is 9.62. The summed E-state index contributed by atoms with van der Waals surface area (Å²) >= 11 is 0. The highest BCUT2D eigenvalue weighted by Gasteiger charge is 2.41. The number of hydrogen-bond donors (Lipinski definition) is 2. The fourth-order valence-corrected chi connectivity index (χ4v) is 3.27. The number of aromatic nitrogens is 2. The van der Waals surface area contributed by atoms with Crippen LogP contribution in [0.5, 0.6) is 11.5 Å². The van der Waals surface area contributed by atoms with Crippen LogP contribution in [0.15, 0.2) is 42.7 Å². The maximum absolute atomic E-state index is 13.0. The van der Waals surface area contributed by atoms with Crippen LogP contribution in [0.4, 0.5) is 0 Å². The third-order valence-electron chi connectivity index (χ3n) is 4.72. The number of ether oxygens (including phenoxy) is 2. The molecule has 2 heterocycles. The molecule has 0 saturated carbocycles. The number of rotatable bonds is 7. The third kappa shape index (κ3) is 4.93. The highest BCUT2D eigenvalue weighted by Crippen LogP contribution is 2.27. The van der Waals surface area contributed by atoms with Crippen LogP contribution in [-0.4, -0.2) is 48.5 Å². The van der Waals surface area contributed by atoms with E-state index in [4.69, 9.17) is 9.47 Å². The van der Waals surface area contributed by atoms with Crippen LogP contribution in [-0.2, 0) is 10.3 Å². The van der Waals surface area contributed by atoms with Crippen molar-refractivity contribution in [3.63, 3.8) is 0 Å². The molecule has 27 heavy (non-hydrogen) atoms. The number of halogens is 1. The van der Waals surface area contributed by atoms with Crippen LogP contribution < -0.4 is 20.1 Å². The first-order valence-electron chi connectivity index (χ1n) is 8.94. The van der Waals surface area contributed by atoms with Gasteiger partial charge in [0.2, 0.25) is 5.91 Å². The molecule has 2 N–H and O–H groups in total. The number of methoxy groups -OCH3 is 1. The lowest BCUT2D eigenvalue weighted by molar-refractivity contribution is -0.132. The molecule has 2 aromatic rings. The second-order valence-corrected chi connectivity index (χ2v) is 6.55. The molecule has 0 aliphatic carbocycles. The van der Waals surface area contributed by atoms with Gasteiger partial charge in [0.05, 0.1) is 13.7 Å². The number of benzene rings is 1. The van der Waals surface area contributed by atoms with E-state index in [0.29, 0.717) is 19.4 Å². The van der Waals surface area contributed by atoms with Gasteiger partial charge in [0.15, 0.2) is 0 Å². The zero-order valence-corrected chi connectivity index (χ0v) is 16.5. The maximum Gasteiger partial charge on any atom is 0.248 e. The van der Waals surface area contributed by atoms with E-state index in [9.17, 15) is 4.79 Å². The molecular weight excluding hydrogens is 368 g/mol. The highest BCUT2D eigenvalue weighted by molar-refractivity contribution is 5.85. The van der Waals surface area contributed by atoms with Gasteiger partial charge in [-0.3, -0.25) is 9.48 Å². The number of piperidine rings is 1. The summed E-state index contributed by atoms with van der Waals surface area (Å²) in [4.78, 5) is 13.0. The van der Waals surface area contributed by atoms with Crippen LogP contribution >= 0.6 is 12.4 Å². The zero-order valence-electron chi connectivity index (χ0n) is 15.7. The summed E-state index contributed by atoms with van der Waals surface area (Å²) in [6.45, 7) is 3.95. The first-order valence-corrected chi connectivity index (χ1v) is 8.94. The Bertz CT molecular complexity index is 718. The van der Waals surface area contributed by atoms with Crippen molar-refractivity contribution in [3.05, 3.63) is 42.7 Å². The van der Waals surface area contributed by atoms with E-state index in [1.807, 2.05) is 43.5 Å². The number of carbonyl (C=O) groups excluding carboxylic acids is 1. The second-order valence-electron chi connectivity index (χ2n) is 6.55. The van der Waals surface area contributed by atoms with E-state index >= 15 is 0 Å². The molecular formula is C19H27ClN4O3. The van der Waals surface area contributed by atoms with E-state index in [1.165, 1.54) is 0 Å². The Labute approximate surface area is 165 Å². The SMILES string of the molecule is COc1cccc(OC(C)CNC(=O)C2(n3cccn3)CCNCC2)c1.Cl. The van der Waals surface area contributed by atoms with Crippen LogP contribution in [0.25, 0.3) is 0 Å². The Kier molecular flexibility index (Phi) is 7.50. The molecule has 8 heteroatoms. The van der Waals surface area contributed by atoms with Crippen LogP contribution in [0.1, 0.15) is 19.8 Å². The highest BCUT2D eigenvalue weighted by atomic mass is 35.5. The average Bonchev–Trinajstić information content (AvgIpc) is 3.22. The van der Waals surface area contributed by atoms with Crippen LogP contribution in [0.3, 0.4) is 0 Å². The summed E-state index contributed by atoms with van der Waals surface area (Å²) in [5, 5.41) is 10.7. The molecule has 1 aromatic heterocycles. The Balaban J connectivity index is 0.00000261. The number of nitrogens with zero attached hydrogens (tertiary/aromatic N) is 2. The van der Waals surface area contributed by atoms with Crippen LogP contribution in [0, 0.1) is 0 Å². The zero-order chi connectivity index (χ0) is 18.4. The summed E-state index contributed by atoms with van der Waals surface area (Å²) < 4.78 is 12.9. The van der Waals surface area contributed by atoms with Crippen molar-refractivity contribution >= 4 is 18.3 Å². The average molecular weight is 395 g/mol. The van der Waals surface area contributed by atoms with Gasteiger partial charge in [0.25, 0.3) is 0 Å². The molecule has 148 valence electrons. The Morgan fingerprint density at radius 3 is 2.74 bits per heavy atom. The fourth-order valence-electron chi connectivity index (χ4n) is 3.27. The quantitative estimate of drug-likeness (QED) is 0.750. The van der Waals surface area contributed by atoms with E-state index < -0.39 is 5.54 Å². The van der Waals surface area contributed by atoms with Gasteiger partial charge in [-0.05, 0) is 51.1 Å². The predicted molar refractivity (Wildman–Crippen MR) is 106 cm³/mol. The number of carbonyl (C=O) groups is 1. The summed E-state index contributed by atoms with van der Waals surface area (Å²) in [5.74, 6) is 1.45. The van der Waals surface area contributed by atoms with Gasteiger partial charge in [-0.1, -0.05) is 6.07 Å². The molecule has 0 bridgehead atoms. The van der Waals surface area contributed by atoms with Crippen LogP contribution in [0.2, 0.25) is 0 Å². The largest absolute Gasteiger partial charge is 0.497 e. The molecule has 7 nitrogen and oxygen atoms in total. The minimum absolute atomic E-state index is 0. The van der Waals surface area contributed by atoms with Crippen molar-refractivity contribution in [2.75, 3.05) is 26.7 Å². The first-order chi connectivity index (χ1) is 12.6. The first kappa shape index (κ1) is 21.1. The van der Waals surface area contributed by atoms with Gasteiger partial charge in [-0.2, -0.15) is 5.10 Å². The van der Waals surface area contributed by atoms with Crippen molar-refractivity contribution in [2.24, 2.45) is 0 Å². The Hall–Kier alpha value is -2.25. The Morgan fingerprint density at radius 1 is 1.33 bits per heavy atom. The van der Waals surface area contributed by atoms with E-state index in [-0.39, 0.29) is 24.4 Å². The van der Waals surface area contributed by atoms with Crippen molar-refractivity contribution in [2.45, 2.75) is 31.4 Å². The molecule has 0 spiro atoms. The normalized spacial score (nSPS) is 16.7. The van der Waals surface area contributed by atoms with Gasteiger partial charge in [-0.25, -0.2) is 0 Å². The smallest absolute Gasteiger partial charge is 0.248 e. The summed E-state index contributed by atoms with van der Waals surface area (Å²) in [7, 11) is 1.62. The third-order valence-corrected chi connectivity index (χ3v) is 4.72. The minimum Gasteiger partial charge on any atom is -0.497 e. The number of hydrogen-bond acceptors (Lipinski definition) is 5. The van der Waals surface area contributed by atoms with Gasteiger partial charge >= 0.3 is 0 Å². The van der Waals surface area contributed by atoms with Crippen molar-refractivity contribution in [3.8, 4) is 11.5 Å². The molecule has 1 aliphatic rings. The minimum atomic E-state index is -0.634. The molecule has 1 atom stereocenters. The van der Waals surface area contributed by atoms with E-state index in [2.05, 4.69) is 15.7 Å². The number of amides is 1. The summed E-state index contributed by atoms with van der Waals surface area (Å²) in [6.07, 6.45) is 4.84. The molecule has 1 amide bonds. The lowest BCUT2D eigenvalue weighted by Gasteiger charge is -2.36. The standard InChI is InChI=1S/C19H26N4O3.ClH/c1-15(26-17-6-3-5-16(13-17)25-2)14-21-18(24)19(7-10-20-11-8-19)23-12-4-9-22-23;/h3-6,9,12-13,15,20H,7-8,10-11,14H2,1-2H3,(H,21,24);1H. The fraction of sp³-hybridized carbons (Fsp3) is 0.474. The lowest BCUT2D eigenvalue weighted by Crippen LogP contribution is -2.55. The molecule has 0 radical (unpaired) electrons. The molecule has 1 saturated heterocycles. The van der Waals surface area contributed by atoms with Crippen molar-refractivity contribution in [1.29, 1.82) is 0 Å². The number of nitrogens with one attached hydrogen (secondary N) is 2. The molecule has 1 aromatic carbocycles. The molecule has 3 rings (SSSR count). The molecule has 1 unspecified atom stereocenters. The monoisotopic (exact) mass is 394 g/mol. The van der Waals surface area contributed by atoms with Crippen molar-refractivity contribution in [1.82, 2.24) is 20.4 Å². The molecule has 1 fully saturated rings. The summed E-state index contributed by atoms with van der Waals surface area (Å²) in [6, 6.07) is 9.30. The Morgan fingerprint density at radius 2 is 2.07 bits per heavy atom. The van der Waals surface area contributed by atoms with Gasteiger partial charge in [0, 0.05) is 18.5 Å². The lowest BCUT2D eigenvalue weighted by atomic mass is 9.87. The van der Waals surface area contributed by atoms with E-state index in [0.717, 1.165) is 24.6 Å².